The Morgan fingerprint density at radius 3 is 2.70 bits per heavy atom. The minimum Gasteiger partial charge on any atom is -0.487 e. The molecule has 1 aromatic heterocycles. The first-order valence-corrected chi connectivity index (χ1v) is 9.74. The lowest BCUT2D eigenvalue weighted by molar-refractivity contribution is 0.0704. The summed E-state index contributed by atoms with van der Waals surface area (Å²) in [5.41, 5.74) is 3.23. The van der Waals surface area contributed by atoms with Gasteiger partial charge in [-0.15, -0.1) is 0 Å². The summed E-state index contributed by atoms with van der Waals surface area (Å²) in [5.74, 6) is 1.13. The number of aromatic nitrogens is 1. The molecule has 0 atom stereocenters. The number of carbonyl (C=O) groups is 1. The fraction of sp³-hybridized carbons (Fsp3) is 0.455. The smallest absolute Gasteiger partial charge is 0.253 e. The molecule has 2 aliphatic heterocycles. The van der Waals surface area contributed by atoms with E-state index in [1.807, 2.05) is 4.90 Å². The number of nitrogens with one attached hydrogen (secondary N) is 1. The van der Waals surface area contributed by atoms with Gasteiger partial charge in [-0.1, -0.05) is 12.1 Å². The highest BCUT2D eigenvalue weighted by Crippen LogP contribution is 2.35. The number of hydrogen-bond donors (Lipinski definition) is 1. The second kappa shape index (κ2) is 7.31. The largest absolute Gasteiger partial charge is 0.487 e. The first-order chi connectivity index (χ1) is 13.0. The van der Waals surface area contributed by atoms with E-state index in [-0.39, 0.29) is 11.5 Å². The first kappa shape index (κ1) is 18.0. The van der Waals surface area contributed by atoms with Crippen molar-refractivity contribution in [3.05, 3.63) is 59.4 Å². The number of benzene rings is 1. The van der Waals surface area contributed by atoms with Gasteiger partial charge in [0.25, 0.3) is 5.91 Å². The van der Waals surface area contributed by atoms with E-state index in [9.17, 15) is 4.79 Å². The molecule has 5 nitrogen and oxygen atoms in total. The van der Waals surface area contributed by atoms with Crippen molar-refractivity contribution in [2.24, 2.45) is 0 Å². The van der Waals surface area contributed by atoms with Gasteiger partial charge in [0.15, 0.2) is 0 Å². The Bertz CT molecular complexity index is 812. The molecule has 0 saturated carbocycles. The van der Waals surface area contributed by atoms with Crippen LogP contribution in [0.2, 0.25) is 0 Å². The molecule has 1 saturated heterocycles. The van der Waals surface area contributed by atoms with Gasteiger partial charge in [-0.05, 0) is 56.0 Å². The van der Waals surface area contributed by atoms with Gasteiger partial charge in [0, 0.05) is 50.1 Å². The van der Waals surface area contributed by atoms with E-state index in [0.29, 0.717) is 6.04 Å². The number of nitrogens with zero attached hydrogens (tertiary/aromatic N) is 2. The second-order valence-electron chi connectivity index (χ2n) is 8.16. The highest BCUT2D eigenvalue weighted by molar-refractivity contribution is 5.94. The fourth-order valence-corrected chi connectivity index (χ4v) is 4.00. The predicted octanol–water partition coefficient (Wildman–Crippen LogP) is 3.19. The summed E-state index contributed by atoms with van der Waals surface area (Å²) in [6.07, 6.45) is 6.27. The maximum Gasteiger partial charge on any atom is 0.253 e. The molecule has 27 heavy (non-hydrogen) atoms. The lowest BCUT2D eigenvalue weighted by Gasteiger charge is -2.32. The first-order valence-electron chi connectivity index (χ1n) is 9.74. The van der Waals surface area contributed by atoms with Crippen LogP contribution in [-0.4, -0.2) is 40.5 Å². The minimum atomic E-state index is -0.0947. The van der Waals surface area contributed by atoms with Crippen molar-refractivity contribution in [2.75, 3.05) is 13.1 Å². The number of likely N-dealkylation sites (tertiary alicyclic amines) is 1. The molecule has 2 aromatic rings. The van der Waals surface area contributed by atoms with E-state index < -0.39 is 0 Å². The van der Waals surface area contributed by atoms with Crippen LogP contribution >= 0.6 is 0 Å². The van der Waals surface area contributed by atoms with Crippen molar-refractivity contribution < 1.29 is 9.53 Å². The number of piperidine rings is 1. The zero-order valence-corrected chi connectivity index (χ0v) is 16.1. The summed E-state index contributed by atoms with van der Waals surface area (Å²) in [6.45, 7) is 6.71. The van der Waals surface area contributed by atoms with Gasteiger partial charge in [-0.3, -0.25) is 9.78 Å². The zero-order valence-electron chi connectivity index (χ0n) is 16.1. The number of ether oxygens (including phenoxy) is 1. The van der Waals surface area contributed by atoms with Crippen molar-refractivity contribution in [3.63, 3.8) is 0 Å². The molecule has 0 spiro atoms. The number of fused-ring (bicyclic) bond motifs is 1. The van der Waals surface area contributed by atoms with Crippen LogP contribution in [0.3, 0.4) is 0 Å². The zero-order chi connectivity index (χ0) is 18.9. The Morgan fingerprint density at radius 2 is 1.96 bits per heavy atom. The number of rotatable bonds is 4. The average molecular weight is 365 g/mol. The molecule has 0 unspecified atom stereocenters. The van der Waals surface area contributed by atoms with E-state index in [0.717, 1.165) is 50.2 Å². The van der Waals surface area contributed by atoms with Crippen LogP contribution in [0, 0.1) is 0 Å². The third-order valence-electron chi connectivity index (χ3n) is 5.43. The van der Waals surface area contributed by atoms with Gasteiger partial charge in [-0.2, -0.15) is 0 Å². The van der Waals surface area contributed by atoms with Crippen molar-refractivity contribution in [1.29, 1.82) is 0 Å². The predicted molar refractivity (Wildman–Crippen MR) is 105 cm³/mol. The van der Waals surface area contributed by atoms with Crippen LogP contribution in [0.25, 0.3) is 0 Å². The quantitative estimate of drug-likeness (QED) is 0.904. The molecule has 1 N–H and O–H groups in total. The van der Waals surface area contributed by atoms with Crippen LogP contribution in [0.4, 0.5) is 0 Å². The normalized spacial score (nSPS) is 18.8. The van der Waals surface area contributed by atoms with Crippen molar-refractivity contribution in [3.8, 4) is 5.75 Å². The van der Waals surface area contributed by atoms with Gasteiger partial charge in [0.05, 0.1) is 0 Å². The molecule has 4 rings (SSSR count). The monoisotopic (exact) mass is 365 g/mol. The Morgan fingerprint density at radius 1 is 1.22 bits per heavy atom. The number of hydrogen-bond acceptors (Lipinski definition) is 4. The summed E-state index contributed by atoms with van der Waals surface area (Å²) in [7, 11) is 0. The SMILES string of the molecule is CC1(C)Cc2cc(CNC3CCN(C(=O)c4ccncc4)CC3)ccc2O1. The molecule has 5 heteroatoms. The Hall–Kier alpha value is -2.40. The molecule has 3 heterocycles. The van der Waals surface area contributed by atoms with Gasteiger partial charge >= 0.3 is 0 Å². The lowest BCUT2D eigenvalue weighted by Crippen LogP contribution is -2.44. The van der Waals surface area contributed by atoms with Gasteiger partial charge in [0.2, 0.25) is 0 Å². The number of carbonyl (C=O) groups excluding carboxylic acids is 1. The molecular weight excluding hydrogens is 338 g/mol. The van der Waals surface area contributed by atoms with Crippen LogP contribution in [-0.2, 0) is 13.0 Å². The van der Waals surface area contributed by atoms with E-state index in [1.54, 1.807) is 24.5 Å². The molecule has 2 aliphatic rings. The topological polar surface area (TPSA) is 54.5 Å². The minimum absolute atomic E-state index is 0.0947. The highest BCUT2D eigenvalue weighted by atomic mass is 16.5. The molecule has 0 aliphatic carbocycles. The molecule has 1 aromatic carbocycles. The lowest BCUT2D eigenvalue weighted by atomic mass is 9.99. The maximum absolute atomic E-state index is 12.5. The average Bonchev–Trinajstić information content (AvgIpc) is 3.00. The fourth-order valence-electron chi connectivity index (χ4n) is 4.00. The summed E-state index contributed by atoms with van der Waals surface area (Å²) in [5, 5.41) is 3.66. The molecule has 142 valence electrons. The van der Waals surface area contributed by atoms with Crippen LogP contribution in [0.1, 0.15) is 48.2 Å². The Kier molecular flexibility index (Phi) is 4.87. The molecule has 0 bridgehead atoms. The van der Waals surface area contributed by atoms with E-state index in [4.69, 9.17) is 4.74 Å². The van der Waals surface area contributed by atoms with Crippen LogP contribution in [0.15, 0.2) is 42.7 Å². The Balaban J connectivity index is 1.28. The van der Waals surface area contributed by atoms with Gasteiger partial charge < -0.3 is 15.0 Å². The third-order valence-corrected chi connectivity index (χ3v) is 5.43. The van der Waals surface area contributed by atoms with E-state index in [1.165, 1.54) is 11.1 Å². The molecule has 1 amide bonds. The van der Waals surface area contributed by atoms with Gasteiger partial charge in [0.1, 0.15) is 11.4 Å². The summed E-state index contributed by atoms with van der Waals surface area (Å²) < 4.78 is 5.95. The van der Waals surface area contributed by atoms with E-state index in [2.05, 4.69) is 42.3 Å². The molecular formula is C22H27N3O2. The van der Waals surface area contributed by atoms with Crippen LogP contribution in [0.5, 0.6) is 5.75 Å². The summed E-state index contributed by atoms with van der Waals surface area (Å²) in [6, 6.07) is 10.5. The standard InChI is InChI=1S/C22H27N3O2/c1-22(2)14-18-13-16(3-4-20(18)27-22)15-24-19-7-11-25(12-8-19)21(26)17-5-9-23-10-6-17/h3-6,9-10,13,19,24H,7-8,11-12,14-15H2,1-2H3. The van der Waals surface area contributed by atoms with Crippen molar-refractivity contribution in [1.82, 2.24) is 15.2 Å². The van der Waals surface area contributed by atoms with E-state index >= 15 is 0 Å². The van der Waals surface area contributed by atoms with Crippen molar-refractivity contribution in [2.45, 2.75) is 51.3 Å². The number of pyridine rings is 1. The van der Waals surface area contributed by atoms with Crippen molar-refractivity contribution >= 4 is 5.91 Å². The van der Waals surface area contributed by atoms with Gasteiger partial charge in [-0.25, -0.2) is 0 Å². The number of amides is 1. The maximum atomic E-state index is 12.5. The molecule has 0 radical (unpaired) electrons. The summed E-state index contributed by atoms with van der Waals surface area (Å²) >= 11 is 0. The Labute approximate surface area is 160 Å². The highest BCUT2D eigenvalue weighted by Gasteiger charge is 2.30. The third kappa shape index (κ3) is 4.14. The summed E-state index contributed by atoms with van der Waals surface area (Å²) in [4.78, 5) is 18.4. The second-order valence-corrected chi connectivity index (χ2v) is 8.16. The van der Waals surface area contributed by atoms with Crippen LogP contribution < -0.4 is 10.1 Å². The molecule has 1 fully saturated rings.